The topological polar surface area (TPSA) is 63.6 Å². The van der Waals surface area contributed by atoms with Crippen molar-refractivity contribution < 1.29 is 19.4 Å². The molecule has 0 aliphatic heterocycles. The molecule has 0 aromatic heterocycles. The molecule has 158 valence electrons. The lowest BCUT2D eigenvalue weighted by atomic mass is 9.44. The molecule has 28 heavy (non-hydrogen) atoms. The first-order valence-electron chi connectivity index (χ1n) is 11.7. The molecule has 0 radical (unpaired) electrons. The standard InChI is InChI=1S/C24H38O4/c1-23-12-4-3-6-17(23)14-20(28-15-25)22-18-10-9-16(7-5-8-21(26)27)24(18,2)13-11-19(22)23/h15-20,22H,3-14H2,1-2H3,(H,26,27)/t16-,17-,18?,19?,20-,22?,23-,24+/m0/s1. The average Bonchev–Trinajstić information content (AvgIpc) is 2.98. The van der Waals surface area contributed by atoms with E-state index in [0.717, 1.165) is 19.3 Å². The van der Waals surface area contributed by atoms with Crippen molar-refractivity contribution in [3.05, 3.63) is 0 Å². The second-order valence-electron chi connectivity index (χ2n) is 10.9. The lowest BCUT2D eigenvalue weighted by molar-refractivity contribution is -0.180. The number of aliphatic carboxylic acids is 1. The summed E-state index contributed by atoms with van der Waals surface area (Å²) in [6.07, 6.45) is 13.6. The molecular formula is C24H38O4. The number of hydrogen-bond donors (Lipinski definition) is 1. The maximum absolute atomic E-state index is 11.4. The molecule has 0 aromatic rings. The lowest BCUT2D eigenvalue weighted by Gasteiger charge is -2.62. The van der Waals surface area contributed by atoms with Crippen molar-refractivity contribution in [2.75, 3.05) is 0 Å². The number of hydrogen-bond acceptors (Lipinski definition) is 3. The second-order valence-corrected chi connectivity index (χ2v) is 10.9. The summed E-state index contributed by atoms with van der Waals surface area (Å²) < 4.78 is 5.79. The summed E-state index contributed by atoms with van der Waals surface area (Å²) >= 11 is 0. The minimum Gasteiger partial charge on any atom is -0.481 e. The molecule has 0 saturated heterocycles. The van der Waals surface area contributed by atoms with E-state index in [1.54, 1.807) is 0 Å². The van der Waals surface area contributed by atoms with Crippen molar-refractivity contribution in [1.82, 2.24) is 0 Å². The van der Waals surface area contributed by atoms with Gasteiger partial charge in [0.1, 0.15) is 6.10 Å². The zero-order chi connectivity index (χ0) is 19.9. The SMILES string of the molecule is C[C@]12CCC3C(C1CC[C@@H]2CCCC(=O)O)[C@@H](OC=O)C[C@@H]1CCCC[C@]31C. The van der Waals surface area contributed by atoms with E-state index >= 15 is 0 Å². The first kappa shape index (κ1) is 20.2. The van der Waals surface area contributed by atoms with Gasteiger partial charge in [-0.15, -0.1) is 0 Å². The van der Waals surface area contributed by atoms with Gasteiger partial charge < -0.3 is 9.84 Å². The molecule has 0 bridgehead atoms. The van der Waals surface area contributed by atoms with Gasteiger partial charge in [0.2, 0.25) is 0 Å². The summed E-state index contributed by atoms with van der Waals surface area (Å²) in [5, 5.41) is 9.02. The van der Waals surface area contributed by atoms with Crippen LogP contribution in [0.2, 0.25) is 0 Å². The van der Waals surface area contributed by atoms with Crippen LogP contribution in [0.4, 0.5) is 0 Å². The van der Waals surface area contributed by atoms with Crippen molar-refractivity contribution in [3.8, 4) is 0 Å². The zero-order valence-corrected chi connectivity index (χ0v) is 17.7. The van der Waals surface area contributed by atoms with Crippen molar-refractivity contribution in [3.63, 3.8) is 0 Å². The molecule has 4 aliphatic carbocycles. The van der Waals surface area contributed by atoms with Crippen LogP contribution in [0.5, 0.6) is 0 Å². The van der Waals surface area contributed by atoms with Gasteiger partial charge in [0, 0.05) is 12.3 Å². The Morgan fingerprint density at radius 3 is 2.61 bits per heavy atom. The molecule has 4 rings (SSSR count). The van der Waals surface area contributed by atoms with Crippen LogP contribution in [0.3, 0.4) is 0 Å². The fourth-order valence-electron chi connectivity index (χ4n) is 8.53. The fourth-order valence-corrected chi connectivity index (χ4v) is 8.53. The van der Waals surface area contributed by atoms with Crippen LogP contribution in [-0.2, 0) is 14.3 Å². The molecular weight excluding hydrogens is 352 g/mol. The Bertz CT molecular complexity index is 603. The third-order valence-corrected chi connectivity index (χ3v) is 9.95. The summed E-state index contributed by atoms with van der Waals surface area (Å²) in [5.74, 6) is 2.49. The van der Waals surface area contributed by atoms with Crippen LogP contribution in [0.1, 0.15) is 90.9 Å². The Morgan fingerprint density at radius 1 is 1.07 bits per heavy atom. The van der Waals surface area contributed by atoms with E-state index in [9.17, 15) is 9.59 Å². The first-order valence-corrected chi connectivity index (χ1v) is 11.7. The highest BCUT2D eigenvalue weighted by Gasteiger charge is 2.62. The molecule has 0 heterocycles. The lowest BCUT2D eigenvalue weighted by Crippen LogP contribution is -2.58. The van der Waals surface area contributed by atoms with Gasteiger partial charge in [-0.2, -0.15) is 0 Å². The van der Waals surface area contributed by atoms with Gasteiger partial charge in [0.15, 0.2) is 0 Å². The van der Waals surface area contributed by atoms with Crippen molar-refractivity contribution in [2.45, 2.75) is 97.0 Å². The van der Waals surface area contributed by atoms with Gasteiger partial charge in [0.25, 0.3) is 6.47 Å². The van der Waals surface area contributed by atoms with Crippen molar-refractivity contribution >= 4 is 12.4 Å². The highest BCUT2D eigenvalue weighted by Crippen LogP contribution is 2.68. The Balaban J connectivity index is 1.57. The summed E-state index contributed by atoms with van der Waals surface area (Å²) in [6.45, 7) is 5.73. The van der Waals surface area contributed by atoms with Gasteiger partial charge in [-0.25, -0.2) is 0 Å². The third kappa shape index (κ3) is 3.19. The van der Waals surface area contributed by atoms with Gasteiger partial charge in [0.05, 0.1) is 0 Å². The number of carbonyl (C=O) groups excluding carboxylic acids is 1. The second kappa shape index (κ2) is 7.65. The predicted octanol–water partition coefficient (Wildman–Crippen LogP) is 5.44. The Morgan fingerprint density at radius 2 is 1.86 bits per heavy atom. The van der Waals surface area contributed by atoms with Crippen LogP contribution in [0.15, 0.2) is 0 Å². The quantitative estimate of drug-likeness (QED) is 0.613. The van der Waals surface area contributed by atoms with Crippen molar-refractivity contribution in [1.29, 1.82) is 0 Å². The van der Waals surface area contributed by atoms with Crippen LogP contribution < -0.4 is 0 Å². The van der Waals surface area contributed by atoms with Gasteiger partial charge in [-0.1, -0.05) is 26.7 Å². The number of rotatable bonds is 6. The largest absolute Gasteiger partial charge is 0.481 e. The van der Waals surface area contributed by atoms with E-state index in [1.165, 1.54) is 51.4 Å². The van der Waals surface area contributed by atoms with E-state index in [2.05, 4.69) is 13.8 Å². The number of fused-ring (bicyclic) bond motifs is 5. The highest BCUT2D eigenvalue weighted by molar-refractivity contribution is 5.66. The highest BCUT2D eigenvalue weighted by atomic mass is 16.5. The molecule has 4 aliphatic rings. The molecule has 1 N–H and O–H groups in total. The molecule has 4 nitrogen and oxygen atoms in total. The summed E-state index contributed by atoms with van der Waals surface area (Å²) in [7, 11) is 0. The Hall–Kier alpha value is -1.06. The smallest absolute Gasteiger partial charge is 0.303 e. The van der Waals surface area contributed by atoms with Gasteiger partial charge in [-0.3, -0.25) is 9.59 Å². The van der Waals surface area contributed by atoms with Crippen molar-refractivity contribution in [2.24, 2.45) is 40.4 Å². The summed E-state index contributed by atoms with van der Waals surface area (Å²) in [5.41, 5.74) is 0.719. The molecule has 4 fully saturated rings. The van der Waals surface area contributed by atoms with Crippen LogP contribution in [0, 0.1) is 40.4 Å². The van der Waals surface area contributed by atoms with E-state index in [0.29, 0.717) is 53.3 Å². The number of carboxylic acids is 1. The van der Waals surface area contributed by atoms with E-state index in [-0.39, 0.29) is 6.10 Å². The molecule has 4 heteroatoms. The molecule has 8 atom stereocenters. The Labute approximate surface area is 169 Å². The minimum atomic E-state index is -0.675. The van der Waals surface area contributed by atoms with Crippen LogP contribution in [-0.4, -0.2) is 23.7 Å². The van der Waals surface area contributed by atoms with E-state index in [4.69, 9.17) is 9.84 Å². The number of carboxylic acid groups (broad SMARTS) is 1. The normalized spacial score (nSPS) is 47.5. The monoisotopic (exact) mass is 390 g/mol. The minimum absolute atomic E-state index is 0.0982. The maximum atomic E-state index is 11.4. The average molecular weight is 391 g/mol. The van der Waals surface area contributed by atoms with E-state index < -0.39 is 5.97 Å². The maximum Gasteiger partial charge on any atom is 0.303 e. The first-order chi connectivity index (χ1) is 13.4. The third-order valence-electron chi connectivity index (χ3n) is 9.95. The van der Waals surface area contributed by atoms with Gasteiger partial charge in [-0.05, 0) is 92.3 Å². The fraction of sp³-hybridized carbons (Fsp3) is 0.917. The summed E-state index contributed by atoms with van der Waals surface area (Å²) in [4.78, 5) is 22.3. The van der Waals surface area contributed by atoms with E-state index in [1.807, 2.05) is 0 Å². The predicted molar refractivity (Wildman–Crippen MR) is 108 cm³/mol. The molecule has 3 unspecified atom stereocenters. The molecule has 0 amide bonds. The number of carbonyl (C=O) groups is 2. The Kier molecular flexibility index (Phi) is 5.52. The number of ether oxygens (including phenoxy) is 1. The summed E-state index contributed by atoms with van der Waals surface area (Å²) in [6, 6.07) is 0. The molecule has 4 saturated carbocycles. The molecule has 0 spiro atoms. The van der Waals surface area contributed by atoms with Crippen LogP contribution >= 0.6 is 0 Å². The molecule has 0 aromatic carbocycles. The van der Waals surface area contributed by atoms with Crippen LogP contribution in [0.25, 0.3) is 0 Å². The zero-order valence-electron chi connectivity index (χ0n) is 17.7. The van der Waals surface area contributed by atoms with Gasteiger partial charge >= 0.3 is 5.97 Å².